The summed E-state index contributed by atoms with van der Waals surface area (Å²) < 4.78 is 2.01. The van der Waals surface area contributed by atoms with Crippen LogP contribution in [0.5, 0.6) is 0 Å². The predicted octanol–water partition coefficient (Wildman–Crippen LogP) is 2.91. The molecule has 0 atom stereocenters. The van der Waals surface area contributed by atoms with Crippen molar-refractivity contribution in [2.75, 3.05) is 11.1 Å². The normalized spacial score (nSPS) is 15.5. The van der Waals surface area contributed by atoms with Crippen LogP contribution in [0.25, 0.3) is 0 Å². The number of thioether (sulfide) groups is 1. The van der Waals surface area contributed by atoms with E-state index in [9.17, 15) is 4.79 Å². The maximum Gasteiger partial charge on any atom is 0.236 e. The Morgan fingerprint density at radius 3 is 2.92 bits per heavy atom. The molecule has 1 aliphatic rings. The summed E-state index contributed by atoms with van der Waals surface area (Å²) in [4.78, 5) is 11.9. The minimum Gasteiger partial charge on any atom is -0.309 e. The standard InChI is InChI=1S/C15H22N6OS2/c1-21-12(8-7-11-5-3-2-4-6-11)18-20-15(21)23-9-13(22)17-14-19-16-10-24-14/h10-11H,2-9H2,1H3,(H,17,19,22). The molecule has 7 nitrogen and oxygen atoms in total. The van der Waals surface area contributed by atoms with Crippen molar-refractivity contribution in [3.05, 3.63) is 11.3 Å². The molecule has 1 fully saturated rings. The lowest BCUT2D eigenvalue weighted by Gasteiger charge is -2.20. The minimum atomic E-state index is -0.108. The monoisotopic (exact) mass is 366 g/mol. The average molecular weight is 367 g/mol. The number of nitrogens with one attached hydrogen (secondary N) is 1. The van der Waals surface area contributed by atoms with Gasteiger partial charge in [0.25, 0.3) is 0 Å². The Hall–Kier alpha value is -1.48. The largest absolute Gasteiger partial charge is 0.309 e. The molecule has 24 heavy (non-hydrogen) atoms. The van der Waals surface area contributed by atoms with Crippen molar-refractivity contribution in [2.24, 2.45) is 13.0 Å². The van der Waals surface area contributed by atoms with Crippen molar-refractivity contribution in [3.8, 4) is 0 Å². The van der Waals surface area contributed by atoms with Crippen LogP contribution >= 0.6 is 23.1 Å². The first-order chi connectivity index (χ1) is 11.7. The van der Waals surface area contributed by atoms with E-state index in [1.165, 1.54) is 61.6 Å². The fourth-order valence-corrected chi connectivity index (χ4v) is 4.20. The number of amides is 1. The third-order valence-corrected chi connectivity index (χ3v) is 5.99. The first-order valence-corrected chi connectivity index (χ1v) is 10.2. The first-order valence-electron chi connectivity index (χ1n) is 8.29. The van der Waals surface area contributed by atoms with E-state index in [1.807, 2.05) is 11.6 Å². The first kappa shape index (κ1) is 17.3. The highest BCUT2D eigenvalue weighted by atomic mass is 32.2. The molecule has 2 heterocycles. The molecular weight excluding hydrogens is 344 g/mol. The molecule has 1 saturated carbocycles. The summed E-state index contributed by atoms with van der Waals surface area (Å²) in [5.41, 5.74) is 1.59. The summed E-state index contributed by atoms with van der Waals surface area (Å²) in [6, 6.07) is 0. The number of hydrogen-bond donors (Lipinski definition) is 1. The topological polar surface area (TPSA) is 85.6 Å². The Bertz CT molecular complexity index is 651. The van der Waals surface area contributed by atoms with Gasteiger partial charge in [-0.2, -0.15) is 0 Å². The highest BCUT2D eigenvalue weighted by Crippen LogP contribution is 2.27. The van der Waals surface area contributed by atoms with E-state index in [2.05, 4.69) is 25.7 Å². The number of anilines is 1. The van der Waals surface area contributed by atoms with Crippen LogP contribution in [-0.4, -0.2) is 36.6 Å². The van der Waals surface area contributed by atoms with E-state index >= 15 is 0 Å². The SMILES string of the molecule is Cn1c(CCC2CCCCC2)nnc1SCC(=O)Nc1nncs1. The molecule has 0 aromatic carbocycles. The van der Waals surface area contributed by atoms with Gasteiger partial charge in [-0.1, -0.05) is 55.2 Å². The number of nitrogens with zero attached hydrogens (tertiary/aromatic N) is 5. The number of rotatable bonds is 7. The number of aromatic nitrogens is 5. The van der Waals surface area contributed by atoms with E-state index in [4.69, 9.17) is 0 Å². The van der Waals surface area contributed by atoms with Crippen LogP contribution in [0.15, 0.2) is 10.7 Å². The van der Waals surface area contributed by atoms with Crippen molar-refractivity contribution in [2.45, 2.75) is 50.1 Å². The van der Waals surface area contributed by atoms with E-state index in [0.29, 0.717) is 5.13 Å². The summed E-state index contributed by atoms with van der Waals surface area (Å²) >= 11 is 2.70. The lowest BCUT2D eigenvalue weighted by atomic mass is 9.86. The molecule has 0 unspecified atom stereocenters. The second-order valence-corrected chi connectivity index (χ2v) is 7.86. The Morgan fingerprint density at radius 2 is 2.17 bits per heavy atom. The molecule has 3 rings (SSSR count). The third-order valence-electron chi connectivity index (χ3n) is 4.36. The summed E-state index contributed by atoms with van der Waals surface area (Å²) in [6.45, 7) is 0. The van der Waals surface area contributed by atoms with Gasteiger partial charge in [0.05, 0.1) is 5.75 Å². The smallest absolute Gasteiger partial charge is 0.236 e. The fourth-order valence-electron chi connectivity index (χ4n) is 3.01. The number of carbonyl (C=O) groups excluding carboxylic acids is 1. The van der Waals surface area contributed by atoms with Crippen molar-refractivity contribution < 1.29 is 4.79 Å². The summed E-state index contributed by atoms with van der Waals surface area (Å²) in [6.07, 6.45) is 8.99. The highest BCUT2D eigenvalue weighted by molar-refractivity contribution is 7.99. The Morgan fingerprint density at radius 1 is 1.33 bits per heavy atom. The maximum absolute atomic E-state index is 11.9. The van der Waals surface area contributed by atoms with Crippen LogP contribution in [0, 0.1) is 5.92 Å². The Kier molecular flexibility index (Phi) is 6.19. The molecule has 0 spiro atoms. The molecular formula is C15H22N6OS2. The van der Waals surface area contributed by atoms with Gasteiger partial charge in [0.1, 0.15) is 11.3 Å². The summed E-state index contributed by atoms with van der Waals surface area (Å²) in [5.74, 6) is 2.02. The lowest BCUT2D eigenvalue weighted by molar-refractivity contribution is -0.113. The van der Waals surface area contributed by atoms with Gasteiger partial charge in [-0.15, -0.1) is 20.4 Å². The third kappa shape index (κ3) is 4.76. The predicted molar refractivity (Wildman–Crippen MR) is 95.2 cm³/mol. The number of carbonyl (C=O) groups is 1. The highest BCUT2D eigenvalue weighted by Gasteiger charge is 2.16. The van der Waals surface area contributed by atoms with Gasteiger partial charge < -0.3 is 4.57 Å². The van der Waals surface area contributed by atoms with Crippen molar-refractivity contribution in [1.29, 1.82) is 0 Å². The molecule has 2 aromatic rings. The van der Waals surface area contributed by atoms with Crippen molar-refractivity contribution in [3.63, 3.8) is 0 Å². The average Bonchev–Trinajstić information content (AvgIpc) is 3.22. The quantitative estimate of drug-likeness (QED) is 0.758. The van der Waals surface area contributed by atoms with Gasteiger partial charge in [-0.05, 0) is 12.3 Å². The van der Waals surface area contributed by atoms with E-state index in [-0.39, 0.29) is 11.7 Å². The van der Waals surface area contributed by atoms with E-state index in [0.717, 1.165) is 23.3 Å². The van der Waals surface area contributed by atoms with Crippen LogP contribution in [0.3, 0.4) is 0 Å². The molecule has 9 heteroatoms. The van der Waals surface area contributed by atoms with Gasteiger partial charge in [-0.25, -0.2) is 0 Å². The van der Waals surface area contributed by atoms with Crippen LogP contribution < -0.4 is 5.32 Å². The maximum atomic E-state index is 11.9. The van der Waals surface area contributed by atoms with Crippen LogP contribution in [0.1, 0.15) is 44.3 Å². The van der Waals surface area contributed by atoms with Crippen LogP contribution in [-0.2, 0) is 18.3 Å². The van der Waals surface area contributed by atoms with E-state index in [1.54, 1.807) is 5.51 Å². The van der Waals surface area contributed by atoms with Gasteiger partial charge in [0.15, 0.2) is 5.16 Å². The van der Waals surface area contributed by atoms with Crippen LogP contribution in [0.2, 0.25) is 0 Å². The second kappa shape index (κ2) is 8.57. The molecule has 0 aliphatic heterocycles. The fraction of sp³-hybridized carbons (Fsp3) is 0.667. The summed E-state index contributed by atoms with van der Waals surface area (Å²) in [7, 11) is 1.97. The minimum absolute atomic E-state index is 0.108. The molecule has 0 bridgehead atoms. The van der Waals surface area contributed by atoms with E-state index < -0.39 is 0 Å². The number of hydrogen-bond acceptors (Lipinski definition) is 7. The zero-order valence-electron chi connectivity index (χ0n) is 13.8. The molecule has 130 valence electrons. The Labute approximate surface area is 149 Å². The molecule has 0 saturated heterocycles. The zero-order chi connectivity index (χ0) is 16.8. The molecule has 1 aliphatic carbocycles. The molecule has 1 amide bonds. The van der Waals surface area contributed by atoms with Gasteiger partial charge in [0.2, 0.25) is 11.0 Å². The van der Waals surface area contributed by atoms with Crippen molar-refractivity contribution >= 4 is 34.1 Å². The molecule has 1 N–H and O–H groups in total. The Balaban J connectivity index is 1.46. The van der Waals surface area contributed by atoms with Crippen LogP contribution in [0.4, 0.5) is 5.13 Å². The van der Waals surface area contributed by atoms with Crippen molar-refractivity contribution in [1.82, 2.24) is 25.0 Å². The number of aryl methyl sites for hydroxylation is 1. The van der Waals surface area contributed by atoms with Gasteiger partial charge in [0, 0.05) is 13.5 Å². The zero-order valence-corrected chi connectivity index (χ0v) is 15.4. The molecule has 2 aromatic heterocycles. The molecule has 0 radical (unpaired) electrons. The lowest BCUT2D eigenvalue weighted by Crippen LogP contribution is -2.14. The van der Waals surface area contributed by atoms with Gasteiger partial charge >= 0.3 is 0 Å². The second-order valence-electron chi connectivity index (χ2n) is 6.08. The summed E-state index contributed by atoms with van der Waals surface area (Å²) in [5, 5.41) is 20.0. The van der Waals surface area contributed by atoms with Gasteiger partial charge in [-0.3, -0.25) is 10.1 Å².